The van der Waals surface area contributed by atoms with Crippen molar-refractivity contribution in [3.63, 3.8) is 0 Å². The molecule has 1 fully saturated rings. The summed E-state index contributed by atoms with van der Waals surface area (Å²) in [6.07, 6.45) is 1.47. The van der Waals surface area contributed by atoms with Crippen molar-refractivity contribution in [2.24, 2.45) is 0 Å². The Hall–Kier alpha value is -1.89. The number of nitrogens with one attached hydrogen (secondary N) is 1. The molecule has 1 aromatic heterocycles. The number of nitrogens with zero attached hydrogens (tertiary/aromatic N) is 1. The van der Waals surface area contributed by atoms with E-state index in [2.05, 4.69) is 11.1 Å². The fourth-order valence-corrected chi connectivity index (χ4v) is 5.16. The second kappa shape index (κ2) is 6.68. The molecule has 0 radical (unpaired) electrons. The lowest BCUT2D eigenvalue weighted by molar-refractivity contribution is 0.317. The maximum atomic E-state index is 13.0. The van der Waals surface area contributed by atoms with Gasteiger partial charge in [0.25, 0.3) is 0 Å². The fourth-order valence-electron chi connectivity index (χ4n) is 3.51. The highest BCUT2D eigenvalue weighted by Gasteiger charge is 2.30. The molecule has 4 nitrogen and oxygen atoms in total. The number of sulfonamides is 1. The highest BCUT2D eigenvalue weighted by atomic mass is 35.5. The Bertz CT molecular complexity index is 1040. The maximum absolute atomic E-state index is 13.0. The highest BCUT2D eigenvalue weighted by Crippen LogP contribution is 2.32. The first kappa shape index (κ1) is 17.5. The lowest BCUT2D eigenvalue weighted by Crippen LogP contribution is -2.37. The summed E-state index contributed by atoms with van der Waals surface area (Å²) in [4.78, 5) is 3.55. The van der Waals surface area contributed by atoms with Crippen LogP contribution in [0.4, 0.5) is 4.39 Å². The number of hydrogen-bond donors (Lipinski definition) is 1. The van der Waals surface area contributed by atoms with Crippen LogP contribution in [-0.2, 0) is 10.0 Å². The maximum Gasteiger partial charge on any atom is 0.243 e. The predicted molar refractivity (Wildman–Crippen MR) is 100 cm³/mol. The third-order valence-corrected chi connectivity index (χ3v) is 7.10. The molecule has 0 unspecified atom stereocenters. The van der Waals surface area contributed by atoms with Gasteiger partial charge in [0.05, 0.1) is 4.90 Å². The van der Waals surface area contributed by atoms with E-state index in [-0.39, 0.29) is 10.8 Å². The fraction of sp³-hybridized carbons (Fsp3) is 0.263. The van der Waals surface area contributed by atoms with Crippen LogP contribution in [0.2, 0.25) is 5.02 Å². The minimum Gasteiger partial charge on any atom is -0.358 e. The summed E-state index contributed by atoms with van der Waals surface area (Å²) in [5.74, 6) is -0.164. The zero-order chi connectivity index (χ0) is 18.3. The molecule has 0 atom stereocenters. The summed E-state index contributed by atoms with van der Waals surface area (Å²) >= 11 is 6.04. The number of halogens is 2. The van der Waals surface area contributed by atoms with Gasteiger partial charge in [0.2, 0.25) is 10.0 Å². The Kier molecular flexibility index (Phi) is 4.50. The second-order valence-electron chi connectivity index (χ2n) is 6.59. The molecule has 2 aromatic carbocycles. The molecule has 0 bridgehead atoms. The topological polar surface area (TPSA) is 53.2 Å². The Morgan fingerprint density at radius 2 is 1.73 bits per heavy atom. The molecule has 0 aliphatic carbocycles. The van der Waals surface area contributed by atoms with E-state index in [1.54, 1.807) is 0 Å². The van der Waals surface area contributed by atoms with Gasteiger partial charge in [-0.2, -0.15) is 4.31 Å². The van der Waals surface area contributed by atoms with Crippen molar-refractivity contribution in [3.05, 3.63) is 65.1 Å². The second-order valence-corrected chi connectivity index (χ2v) is 8.96. The number of H-pyrrole nitrogens is 1. The highest BCUT2D eigenvalue weighted by molar-refractivity contribution is 7.89. The average Bonchev–Trinajstić information content (AvgIpc) is 3.05. The van der Waals surface area contributed by atoms with Gasteiger partial charge in [0.15, 0.2) is 0 Å². The van der Waals surface area contributed by atoms with Gasteiger partial charge in [-0.15, -0.1) is 0 Å². The summed E-state index contributed by atoms with van der Waals surface area (Å²) in [5, 5.41) is 1.76. The molecule has 7 heteroatoms. The van der Waals surface area contributed by atoms with Gasteiger partial charge >= 0.3 is 0 Å². The Labute approximate surface area is 156 Å². The molecule has 0 saturated carbocycles. The van der Waals surface area contributed by atoms with Crippen LogP contribution in [0.5, 0.6) is 0 Å². The van der Waals surface area contributed by atoms with Gasteiger partial charge in [-0.25, -0.2) is 12.8 Å². The van der Waals surface area contributed by atoms with E-state index < -0.39 is 15.8 Å². The van der Waals surface area contributed by atoms with E-state index in [9.17, 15) is 12.8 Å². The third kappa shape index (κ3) is 3.24. The number of rotatable bonds is 3. The summed E-state index contributed by atoms with van der Waals surface area (Å²) in [7, 11) is -3.58. The van der Waals surface area contributed by atoms with Crippen LogP contribution in [0.15, 0.2) is 53.4 Å². The van der Waals surface area contributed by atoms with Gasteiger partial charge in [-0.05, 0) is 61.4 Å². The third-order valence-electron chi connectivity index (χ3n) is 4.95. The Morgan fingerprint density at radius 3 is 2.42 bits per heavy atom. The number of hydrogen-bond acceptors (Lipinski definition) is 2. The first-order valence-electron chi connectivity index (χ1n) is 8.47. The summed E-state index contributed by atoms with van der Waals surface area (Å²) in [5.41, 5.74) is 2.15. The van der Waals surface area contributed by atoms with Crippen molar-refractivity contribution in [3.8, 4) is 0 Å². The standard InChI is InChI=1S/C19H18ClFN2O2S/c20-15-1-6-18-14(11-15)12-19(22-18)13-7-9-23(10-8-13)26(24,25)17-4-2-16(21)3-5-17/h1-6,11-13,22H,7-10H2. The number of piperidine rings is 1. The molecule has 136 valence electrons. The SMILES string of the molecule is O=S(=O)(c1ccc(F)cc1)N1CCC(c2cc3cc(Cl)ccc3[nH]2)CC1. The zero-order valence-electron chi connectivity index (χ0n) is 14.0. The zero-order valence-corrected chi connectivity index (χ0v) is 15.5. The monoisotopic (exact) mass is 392 g/mol. The predicted octanol–water partition coefficient (Wildman–Crippen LogP) is 4.53. The lowest BCUT2D eigenvalue weighted by atomic mass is 9.95. The largest absolute Gasteiger partial charge is 0.358 e. The molecule has 4 rings (SSSR count). The first-order chi connectivity index (χ1) is 12.4. The molecule has 0 spiro atoms. The van der Waals surface area contributed by atoms with Crippen LogP contribution in [0.3, 0.4) is 0 Å². The summed E-state index contributed by atoms with van der Waals surface area (Å²) in [6, 6.07) is 12.8. The molecule has 0 amide bonds. The normalized spacial score (nSPS) is 17.0. The van der Waals surface area contributed by atoms with Crippen molar-refractivity contribution < 1.29 is 12.8 Å². The van der Waals surface area contributed by atoms with Gasteiger partial charge in [-0.3, -0.25) is 0 Å². The smallest absolute Gasteiger partial charge is 0.243 e. The number of benzene rings is 2. The molecule has 26 heavy (non-hydrogen) atoms. The van der Waals surface area contributed by atoms with E-state index in [1.807, 2.05) is 18.2 Å². The first-order valence-corrected chi connectivity index (χ1v) is 10.3. The van der Waals surface area contributed by atoms with Gasteiger partial charge < -0.3 is 4.98 Å². The van der Waals surface area contributed by atoms with Gasteiger partial charge in [0.1, 0.15) is 5.82 Å². The number of aromatic amines is 1. The average molecular weight is 393 g/mol. The van der Waals surface area contributed by atoms with Crippen molar-refractivity contribution in [2.45, 2.75) is 23.7 Å². The van der Waals surface area contributed by atoms with E-state index in [1.165, 1.54) is 28.6 Å². The lowest BCUT2D eigenvalue weighted by Gasteiger charge is -2.30. The molecule has 1 saturated heterocycles. The molecule has 1 aliphatic heterocycles. The van der Waals surface area contributed by atoms with Gasteiger partial charge in [0, 0.05) is 40.6 Å². The summed E-state index contributed by atoms with van der Waals surface area (Å²) < 4.78 is 39.9. The van der Waals surface area contributed by atoms with Crippen LogP contribution in [-0.4, -0.2) is 30.8 Å². The van der Waals surface area contributed by atoms with Crippen LogP contribution >= 0.6 is 11.6 Å². The van der Waals surface area contributed by atoms with E-state index in [0.29, 0.717) is 18.1 Å². The molecular formula is C19H18ClFN2O2S. The minimum atomic E-state index is -3.58. The van der Waals surface area contributed by atoms with Crippen LogP contribution in [0, 0.1) is 5.82 Å². The quantitative estimate of drug-likeness (QED) is 0.712. The van der Waals surface area contributed by atoms with Crippen LogP contribution < -0.4 is 0 Å². The molecular weight excluding hydrogens is 375 g/mol. The minimum absolute atomic E-state index is 0.137. The molecule has 1 N–H and O–H groups in total. The van der Waals surface area contributed by atoms with Crippen LogP contribution in [0.1, 0.15) is 24.5 Å². The number of fused-ring (bicyclic) bond motifs is 1. The van der Waals surface area contributed by atoms with E-state index in [4.69, 9.17) is 11.6 Å². The number of aromatic nitrogens is 1. The van der Waals surface area contributed by atoms with Crippen molar-refractivity contribution >= 4 is 32.5 Å². The molecule has 3 aromatic rings. The van der Waals surface area contributed by atoms with Crippen molar-refractivity contribution in [1.82, 2.24) is 9.29 Å². The molecule has 2 heterocycles. The van der Waals surface area contributed by atoms with Crippen molar-refractivity contribution in [2.75, 3.05) is 13.1 Å². The Balaban J connectivity index is 1.50. The van der Waals surface area contributed by atoms with Crippen LogP contribution in [0.25, 0.3) is 10.9 Å². The van der Waals surface area contributed by atoms with E-state index >= 15 is 0 Å². The Morgan fingerprint density at radius 1 is 1.04 bits per heavy atom. The van der Waals surface area contributed by atoms with Gasteiger partial charge in [-0.1, -0.05) is 11.6 Å². The van der Waals surface area contributed by atoms with Crippen molar-refractivity contribution in [1.29, 1.82) is 0 Å². The van der Waals surface area contributed by atoms with E-state index in [0.717, 1.165) is 29.4 Å². The molecule has 1 aliphatic rings. The summed E-state index contributed by atoms with van der Waals surface area (Å²) in [6.45, 7) is 0.890.